The second kappa shape index (κ2) is 5.60. The maximum Gasteiger partial charge on any atom is 0.0718 e. The zero-order valence-electron chi connectivity index (χ0n) is 9.59. The quantitative estimate of drug-likeness (QED) is 0.809. The molecule has 1 aliphatic rings. The second-order valence-electron chi connectivity index (χ2n) is 4.21. The van der Waals surface area contributed by atoms with E-state index in [9.17, 15) is 4.21 Å². The molecule has 16 heavy (non-hydrogen) atoms. The van der Waals surface area contributed by atoms with Crippen molar-refractivity contribution in [2.24, 2.45) is 0 Å². The molecular weight excluding hydrogens is 220 g/mol. The molecular formula is C13H18O2S. The third kappa shape index (κ3) is 2.53. The van der Waals surface area contributed by atoms with Crippen molar-refractivity contribution in [1.29, 1.82) is 0 Å². The van der Waals surface area contributed by atoms with Crippen LogP contribution in [0.25, 0.3) is 0 Å². The third-order valence-electron chi connectivity index (χ3n) is 3.20. The molecule has 88 valence electrons. The van der Waals surface area contributed by atoms with Gasteiger partial charge in [0, 0.05) is 12.0 Å². The predicted octanol–water partition coefficient (Wildman–Crippen LogP) is 2.75. The van der Waals surface area contributed by atoms with Crippen LogP contribution in [0.15, 0.2) is 35.2 Å². The van der Waals surface area contributed by atoms with E-state index in [1.807, 2.05) is 30.3 Å². The van der Waals surface area contributed by atoms with E-state index in [4.69, 9.17) is 4.74 Å². The predicted molar refractivity (Wildman–Crippen MR) is 65.9 cm³/mol. The third-order valence-corrected chi connectivity index (χ3v) is 5.02. The first-order chi connectivity index (χ1) is 7.83. The van der Waals surface area contributed by atoms with Gasteiger partial charge < -0.3 is 4.74 Å². The van der Waals surface area contributed by atoms with E-state index in [2.05, 4.69) is 0 Å². The van der Waals surface area contributed by atoms with Crippen molar-refractivity contribution in [3.05, 3.63) is 30.3 Å². The van der Waals surface area contributed by atoms with Crippen LogP contribution in [-0.4, -0.2) is 22.7 Å². The number of rotatable bonds is 3. The lowest BCUT2D eigenvalue weighted by Gasteiger charge is -2.29. The van der Waals surface area contributed by atoms with E-state index in [1.54, 1.807) is 7.11 Å². The summed E-state index contributed by atoms with van der Waals surface area (Å²) in [5.74, 6) is 0. The maximum absolute atomic E-state index is 12.4. The minimum absolute atomic E-state index is 0.162. The van der Waals surface area contributed by atoms with Gasteiger partial charge in [0.1, 0.15) is 0 Å². The molecule has 0 radical (unpaired) electrons. The molecule has 0 aromatic heterocycles. The Morgan fingerprint density at radius 2 is 1.88 bits per heavy atom. The molecule has 3 atom stereocenters. The molecule has 0 bridgehead atoms. The average Bonchev–Trinajstić information content (AvgIpc) is 2.39. The highest BCUT2D eigenvalue weighted by Crippen LogP contribution is 2.27. The summed E-state index contributed by atoms with van der Waals surface area (Å²) in [5, 5.41) is 0.168. The van der Waals surface area contributed by atoms with Gasteiger partial charge in [-0.1, -0.05) is 31.0 Å². The van der Waals surface area contributed by atoms with Crippen molar-refractivity contribution in [2.45, 2.75) is 41.9 Å². The van der Waals surface area contributed by atoms with Crippen LogP contribution < -0.4 is 0 Å². The zero-order chi connectivity index (χ0) is 11.4. The minimum Gasteiger partial charge on any atom is -0.380 e. The first-order valence-corrected chi connectivity index (χ1v) is 7.02. The summed E-state index contributed by atoms with van der Waals surface area (Å²) in [7, 11) is 0.803. The van der Waals surface area contributed by atoms with Gasteiger partial charge in [0.15, 0.2) is 0 Å². The number of ether oxygens (including phenoxy) is 1. The van der Waals surface area contributed by atoms with Gasteiger partial charge in [-0.25, -0.2) is 0 Å². The Labute approximate surface area is 99.5 Å². The van der Waals surface area contributed by atoms with Gasteiger partial charge in [0.2, 0.25) is 0 Å². The highest BCUT2D eigenvalue weighted by atomic mass is 32.2. The Balaban J connectivity index is 2.14. The lowest BCUT2D eigenvalue weighted by molar-refractivity contribution is 0.0750. The molecule has 2 rings (SSSR count). The first-order valence-electron chi connectivity index (χ1n) is 5.81. The summed E-state index contributed by atoms with van der Waals surface area (Å²) in [6, 6.07) is 9.72. The molecule has 0 N–H and O–H groups in total. The molecule has 1 saturated carbocycles. The standard InChI is InChI=1S/C13H18O2S/c1-15-12-9-5-6-10-13(12)16(14)11-7-3-2-4-8-11/h2-4,7-8,12-13H,5-6,9-10H2,1H3. The summed E-state index contributed by atoms with van der Waals surface area (Å²) in [6.45, 7) is 0. The molecule has 1 fully saturated rings. The van der Waals surface area contributed by atoms with E-state index in [-0.39, 0.29) is 11.4 Å². The van der Waals surface area contributed by atoms with Gasteiger partial charge in [0.25, 0.3) is 0 Å². The fraction of sp³-hybridized carbons (Fsp3) is 0.538. The Kier molecular flexibility index (Phi) is 4.13. The number of hydrogen-bond donors (Lipinski definition) is 0. The van der Waals surface area contributed by atoms with E-state index in [0.29, 0.717) is 0 Å². The fourth-order valence-corrected chi connectivity index (χ4v) is 3.99. The second-order valence-corrected chi connectivity index (χ2v) is 5.88. The number of methoxy groups -OCH3 is 1. The molecule has 0 amide bonds. The van der Waals surface area contributed by atoms with Crippen molar-refractivity contribution < 1.29 is 8.95 Å². The zero-order valence-corrected chi connectivity index (χ0v) is 10.4. The Hall–Kier alpha value is -0.670. The molecule has 1 aromatic carbocycles. The van der Waals surface area contributed by atoms with Gasteiger partial charge >= 0.3 is 0 Å². The van der Waals surface area contributed by atoms with Gasteiger partial charge in [-0.2, -0.15) is 0 Å². The van der Waals surface area contributed by atoms with E-state index >= 15 is 0 Å². The van der Waals surface area contributed by atoms with Crippen molar-refractivity contribution in [3.63, 3.8) is 0 Å². The summed E-state index contributed by atoms with van der Waals surface area (Å²) < 4.78 is 17.9. The summed E-state index contributed by atoms with van der Waals surface area (Å²) in [5.41, 5.74) is 0. The molecule has 3 unspecified atom stereocenters. The molecule has 3 heteroatoms. The Morgan fingerprint density at radius 3 is 2.56 bits per heavy atom. The van der Waals surface area contributed by atoms with Crippen molar-refractivity contribution in [3.8, 4) is 0 Å². The molecule has 0 aliphatic heterocycles. The first kappa shape index (κ1) is 11.8. The largest absolute Gasteiger partial charge is 0.380 e. The average molecular weight is 238 g/mol. The Morgan fingerprint density at radius 1 is 1.19 bits per heavy atom. The molecule has 0 spiro atoms. The topological polar surface area (TPSA) is 26.3 Å². The van der Waals surface area contributed by atoms with Crippen LogP contribution >= 0.6 is 0 Å². The van der Waals surface area contributed by atoms with Crippen LogP contribution in [-0.2, 0) is 15.5 Å². The number of hydrogen-bond acceptors (Lipinski definition) is 2. The fourth-order valence-electron chi connectivity index (χ4n) is 2.31. The highest BCUT2D eigenvalue weighted by Gasteiger charge is 2.30. The van der Waals surface area contributed by atoms with Crippen LogP contribution in [0.1, 0.15) is 25.7 Å². The molecule has 1 aliphatic carbocycles. The van der Waals surface area contributed by atoms with Gasteiger partial charge in [-0.3, -0.25) is 4.21 Å². The molecule has 0 heterocycles. The van der Waals surface area contributed by atoms with Crippen LogP contribution in [0.5, 0.6) is 0 Å². The van der Waals surface area contributed by atoms with Crippen molar-refractivity contribution >= 4 is 10.8 Å². The smallest absolute Gasteiger partial charge is 0.0718 e. The minimum atomic E-state index is -0.925. The Bertz CT molecular complexity index is 350. The highest BCUT2D eigenvalue weighted by molar-refractivity contribution is 7.85. The van der Waals surface area contributed by atoms with Gasteiger partial charge in [-0.15, -0.1) is 0 Å². The van der Waals surface area contributed by atoms with E-state index in [0.717, 1.165) is 17.7 Å². The summed E-state index contributed by atoms with van der Waals surface area (Å²) >= 11 is 0. The summed E-state index contributed by atoms with van der Waals surface area (Å²) in [4.78, 5) is 0.927. The van der Waals surface area contributed by atoms with Crippen LogP contribution in [0.3, 0.4) is 0 Å². The molecule has 1 aromatic rings. The number of benzene rings is 1. The van der Waals surface area contributed by atoms with Crippen LogP contribution in [0.4, 0.5) is 0 Å². The lowest BCUT2D eigenvalue weighted by atomic mass is 9.97. The van der Waals surface area contributed by atoms with Crippen molar-refractivity contribution in [2.75, 3.05) is 7.11 Å². The summed E-state index contributed by atoms with van der Waals surface area (Å²) in [6.07, 6.45) is 4.58. The monoisotopic (exact) mass is 238 g/mol. The van der Waals surface area contributed by atoms with Crippen LogP contribution in [0.2, 0.25) is 0 Å². The van der Waals surface area contributed by atoms with Gasteiger partial charge in [-0.05, 0) is 25.0 Å². The molecule has 2 nitrogen and oxygen atoms in total. The SMILES string of the molecule is COC1CCCCC1S(=O)c1ccccc1. The maximum atomic E-state index is 12.4. The molecule has 0 saturated heterocycles. The lowest BCUT2D eigenvalue weighted by Crippen LogP contribution is -2.35. The van der Waals surface area contributed by atoms with Crippen molar-refractivity contribution in [1.82, 2.24) is 0 Å². The van der Waals surface area contributed by atoms with Crippen LogP contribution in [0, 0.1) is 0 Å². The van der Waals surface area contributed by atoms with E-state index in [1.165, 1.54) is 12.8 Å². The van der Waals surface area contributed by atoms with E-state index < -0.39 is 10.8 Å². The normalized spacial score (nSPS) is 27.6. The van der Waals surface area contributed by atoms with Gasteiger partial charge in [0.05, 0.1) is 22.2 Å².